The molecule has 2 aliphatic rings. The van der Waals surface area contributed by atoms with Gasteiger partial charge in [-0.05, 0) is 151 Å². The standard InChI is InChI=1S/C25H20N2.C24H17BrN2.C3H8/c1-15-11-23(16(2)10-19(15)14-27)25-21-7-5-4-6-20(21)17(3)24-12-18(13-26)8-9-22(24)25;1-14-9-17(13-27)23(25)11-21(14)24-19-6-4-3-5-18(19)15(2)22-10-16(12-26)7-8-20(22)24;1-3-2/h4-12,17,25H,1-3H3;3-11,15,24H,1-2H3;3H2,1-2H3. The molecule has 6 aromatic rings. The van der Waals surface area contributed by atoms with Crippen LogP contribution in [0.2, 0.25) is 0 Å². The molecule has 0 heterocycles. The number of nitriles is 4. The molecule has 6 aromatic carbocycles. The number of hydrogen-bond donors (Lipinski definition) is 0. The summed E-state index contributed by atoms with van der Waals surface area (Å²) >= 11 is 3.56. The van der Waals surface area contributed by atoms with Crippen LogP contribution in [0.15, 0.2) is 114 Å². The summed E-state index contributed by atoms with van der Waals surface area (Å²) in [6.07, 6.45) is 1.25. The summed E-state index contributed by atoms with van der Waals surface area (Å²) in [5, 5.41) is 37.4. The van der Waals surface area contributed by atoms with E-state index in [1.807, 2.05) is 43.3 Å². The van der Waals surface area contributed by atoms with E-state index in [0.717, 1.165) is 26.7 Å². The predicted octanol–water partition coefficient (Wildman–Crippen LogP) is 13.3. The van der Waals surface area contributed by atoms with Gasteiger partial charge in [0.1, 0.15) is 6.07 Å². The molecule has 4 nitrogen and oxygen atoms in total. The molecule has 0 spiro atoms. The molecule has 0 aromatic heterocycles. The summed E-state index contributed by atoms with van der Waals surface area (Å²) in [4.78, 5) is 0. The molecular weight excluding hydrogens is 761 g/mol. The van der Waals surface area contributed by atoms with E-state index in [0.29, 0.717) is 16.7 Å². The Bertz CT molecular complexity index is 2490. The summed E-state index contributed by atoms with van der Waals surface area (Å²) in [6.45, 7) is 14.8. The molecule has 0 saturated heterocycles. The molecule has 0 fully saturated rings. The van der Waals surface area contributed by atoms with Crippen molar-refractivity contribution in [3.8, 4) is 24.3 Å². The maximum atomic E-state index is 9.37. The Kier molecular flexibility index (Phi) is 12.2. The molecule has 57 heavy (non-hydrogen) atoms. The Morgan fingerprint density at radius 3 is 1.25 bits per heavy atom. The van der Waals surface area contributed by atoms with Crippen LogP contribution >= 0.6 is 15.9 Å². The molecule has 4 unspecified atom stereocenters. The Morgan fingerprint density at radius 1 is 0.439 bits per heavy atom. The summed E-state index contributed by atoms with van der Waals surface area (Å²) in [7, 11) is 0. The molecule has 0 aliphatic heterocycles. The SMILES string of the molecule is CCC.Cc1cc(C#N)c(Br)cc1C1c2ccccc2C(C)c2cc(C#N)ccc21.Cc1cc(C2c3ccccc3C(C)c3cc(C#N)ccc32)c(C)cc1C#N. The van der Waals surface area contributed by atoms with Crippen molar-refractivity contribution in [2.45, 2.75) is 78.6 Å². The number of fused-ring (bicyclic) bond motifs is 4. The Morgan fingerprint density at radius 2 is 0.825 bits per heavy atom. The van der Waals surface area contributed by atoms with Gasteiger partial charge in [0.2, 0.25) is 0 Å². The number of halogens is 1. The van der Waals surface area contributed by atoms with Gasteiger partial charge in [-0.3, -0.25) is 0 Å². The molecule has 5 heteroatoms. The van der Waals surface area contributed by atoms with Crippen molar-refractivity contribution in [3.63, 3.8) is 0 Å². The number of nitrogens with zero attached hydrogens (tertiary/aromatic N) is 4. The first kappa shape index (κ1) is 40.4. The third kappa shape index (κ3) is 7.66. The molecule has 0 bridgehead atoms. The van der Waals surface area contributed by atoms with E-state index < -0.39 is 0 Å². The fourth-order valence-corrected chi connectivity index (χ4v) is 9.05. The average molecular weight is 806 g/mol. The first-order valence-corrected chi connectivity index (χ1v) is 20.3. The van der Waals surface area contributed by atoms with E-state index in [4.69, 9.17) is 0 Å². The van der Waals surface area contributed by atoms with Gasteiger partial charge in [0, 0.05) is 28.1 Å². The number of rotatable bonds is 2. The predicted molar refractivity (Wildman–Crippen MR) is 232 cm³/mol. The van der Waals surface area contributed by atoms with Gasteiger partial charge in [-0.2, -0.15) is 21.0 Å². The molecule has 280 valence electrons. The van der Waals surface area contributed by atoms with Gasteiger partial charge in [0.25, 0.3) is 0 Å². The molecular formula is C52H45BrN4. The maximum absolute atomic E-state index is 9.37. The second-order valence-electron chi connectivity index (χ2n) is 15.1. The van der Waals surface area contributed by atoms with Crippen LogP contribution in [0.3, 0.4) is 0 Å². The lowest BCUT2D eigenvalue weighted by Crippen LogP contribution is -2.19. The van der Waals surface area contributed by atoms with Crippen LogP contribution in [-0.4, -0.2) is 0 Å². The Hall–Kier alpha value is -6.24. The van der Waals surface area contributed by atoms with Crippen molar-refractivity contribution in [2.24, 2.45) is 0 Å². The second kappa shape index (κ2) is 17.3. The molecule has 0 radical (unpaired) electrons. The van der Waals surface area contributed by atoms with Crippen molar-refractivity contribution >= 4 is 15.9 Å². The molecule has 8 rings (SSSR count). The fourth-order valence-electron chi connectivity index (χ4n) is 8.60. The zero-order valence-corrected chi connectivity index (χ0v) is 35.2. The van der Waals surface area contributed by atoms with E-state index in [1.165, 1.54) is 62.1 Å². The van der Waals surface area contributed by atoms with Gasteiger partial charge in [0.05, 0.1) is 40.5 Å². The van der Waals surface area contributed by atoms with Crippen LogP contribution in [0.5, 0.6) is 0 Å². The first-order valence-electron chi connectivity index (χ1n) is 19.5. The van der Waals surface area contributed by atoms with Crippen LogP contribution in [0.25, 0.3) is 0 Å². The van der Waals surface area contributed by atoms with Crippen LogP contribution < -0.4 is 0 Å². The highest BCUT2D eigenvalue weighted by molar-refractivity contribution is 9.10. The van der Waals surface area contributed by atoms with Crippen LogP contribution in [0, 0.1) is 66.1 Å². The van der Waals surface area contributed by atoms with Crippen LogP contribution in [-0.2, 0) is 0 Å². The van der Waals surface area contributed by atoms with Crippen molar-refractivity contribution in [3.05, 3.63) is 208 Å². The quantitative estimate of drug-likeness (QED) is 0.174. The number of hydrogen-bond acceptors (Lipinski definition) is 4. The highest BCUT2D eigenvalue weighted by Crippen LogP contribution is 2.49. The Balaban J connectivity index is 0.000000180. The van der Waals surface area contributed by atoms with Gasteiger partial charge in [-0.1, -0.05) is 101 Å². The monoisotopic (exact) mass is 804 g/mol. The third-order valence-corrected chi connectivity index (χ3v) is 12.0. The zero-order chi connectivity index (χ0) is 41.0. The zero-order valence-electron chi connectivity index (χ0n) is 33.6. The summed E-state index contributed by atoms with van der Waals surface area (Å²) in [5.41, 5.74) is 18.6. The van der Waals surface area contributed by atoms with E-state index >= 15 is 0 Å². The summed E-state index contributed by atoms with van der Waals surface area (Å²) < 4.78 is 0.817. The molecule has 2 aliphatic carbocycles. The lowest BCUT2D eigenvalue weighted by molar-refractivity contribution is 0.790. The Labute approximate surface area is 346 Å². The van der Waals surface area contributed by atoms with E-state index in [-0.39, 0.29) is 23.7 Å². The van der Waals surface area contributed by atoms with Gasteiger partial charge in [0.15, 0.2) is 0 Å². The lowest BCUT2D eigenvalue weighted by Gasteiger charge is -2.34. The highest BCUT2D eigenvalue weighted by Gasteiger charge is 2.33. The van der Waals surface area contributed by atoms with Gasteiger partial charge < -0.3 is 0 Å². The lowest BCUT2D eigenvalue weighted by atomic mass is 9.69. The molecule has 4 atom stereocenters. The van der Waals surface area contributed by atoms with Crippen LogP contribution in [0.1, 0.15) is 152 Å². The highest BCUT2D eigenvalue weighted by atomic mass is 79.9. The molecule has 0 amide bonds. The smallest absolute Gasteiger partial charge is 0.100 e. The van der Waals surface area contributed by atoms with E-state index in [9.17, 15) is 21.0 Å². The van der Waals surface area contributed by atoms with Crippen molar-refractivity contribution in [1.29, 1.82) is 21.0 Å². The minimum absolute atomic E-state index is 0.0872. The van der Waals surface area contributed by atoms with Gasteiger partial charge in [-0.25, -0.2) is 0 Å². The number of benzene rings is 6. The topological polar surface area (TPSA) is 95.2 Å². The molecule has 0 N–H and O–H groups in total. The summed E-state index contributed by atoms with van der Waals surface area (Å²) in [6, 6.07) is 46.5. The third-order valence-electron chi connectivity index (χ3n) is 11.4. The normalized spacial score (nSPS) is 16.8. The van der Waals surface area contributed by atoms with Crippen molar-refractivity contribution in [1.82, 2.24) is 0 Å². The van der Waals surface area contributed by atoms with E-state index in [1.54, 1.807) is 0 Å². The van der Waals surface area contributed by atoms with Crippen LogP contribution in [0.4, 0.5) is 0 Å². The average Bonchev–Trinajstić information content (AvgIpc) is 3.23. The van der Waals surface area contributed by atoms with E-state index in [2.05, 4.69) is 155 Å². The minimum Gasteiger partial charge on any atom is -0.192 e. The number of aryl methyl sites for hydroxylation is 3. The first-order chi connectivity index (χ1) is 27.5. The van der Waals surface area contributed by atoms with Crippen molar-refractivity contribution < 1.29 is 0 Å². The largest absolute Gasteiger partial charge is 0.192 e. The second-order valence-corrected chi connectivity index (χ2v) is 16.0. The van der Waals surface area contributed by atoms with Gasteiger partial charge in [-0.15, -0.1) is 0 Å². The minimum atomic E-state index is 0.0872. The molecule has 0 saturated carbocycles. The van der Waals surface area contributed by atoms with Crippen molar-refractivity contribution in [2.75, 3.05) is 0 Å². The van der Waals surface area contributed by atoms with Gasteiger partial charge >= 0.3 is 0 Å². The summed E-state index contributed by atoms with van der Waals surface area (Å²) in [5.74, 6) is 0.694. The maximum Gasteiger partial charge on any atom is 0.100 e. The fraction of sp³-hybridized carbons (Fsp3) is 0.231.